The summed E-state index contributed by atoms with van der Waals surface area (Å²) in [6.07, 6.45) is 1.61. The quantitative estimate of drug-likeness (QED) is 0.681. The predicted octanol–water partition coefficient (Wildman–Crippen LogP) is 0.187. The van der Waals surface area contributed by atoms with E-state index < -0.39 is 11.2 Å². The lowest BCUT2D eigenvalue weighted by Crippen LogP contribution is -2.21. The normalized spacial score (nSPS) is 10.2. The zero-order valence-electron chi connectivity index (χ0n) is 6.40. The fourth-order valence-electron chi connectivity index (χ4n) is 0.940. The highest BCUT2D eigenvalue weighted by molar-refractivity contribution is 7.13. The number of aromatic nitrogens is 3. The van der Waals surface area contributed by atoms with E-state index in [2.05, 4.69) is 15.0 Å². The first-order chi connectivity index (χ1) is 6.25. The average Bonchev–Trinajstić information content (AvgIpc) is 2.53. The molecular weight excluding hydrogens is 190 g/mol. The van der Waals surface area contributed by atoms with Crippen LogP contribution in [-0.4, -0.2) is 15.0 Å². The second-order valence-corrected chi connectivity index (χ2v) is 3.23. The summed E-state index contributed by atoms with van der Waals surface area (Å²) in [6.45, 7) is 0. The van der Waals surface area contributed by atoms with Crippen molar-refractivity contribution in [3.63, 3.8) is 0 Å². The third-order valence-electron chi connectivity index (χ3n) is 1.42. The van der Waals surface area contributed by atoms with Crippen LogP contribution in [0.2, 0.25) is 0 Å². The van der Waals surface area contributed by atoms with E-state index in [0.717, 1.165) is 0 Å². The molecule has 0 spiro atoms. The van der Waals surface area contributed by atoms with Gasteiger partial charge in [0.25, 0.3) is 5.56 Å². The maximum Gasteiger partial charge on any atom is 0.326 e. The van der Waals surface area contributed by atoms with Gasteiger partial charge in [0.1, 0.15) is 5.01 Å². The predicted molar refractivity (Wildman–Crippen MR) is 48.8 cm³/mol. The summed E-state index contributed by atoms with van der Waals surface area (Å²) in [5.41, 5.74) is -0.490. The van der Waals surface area contributed by atoms with Crippen LogP contribution >= 0.6 is 11.3 Å². The summed E-state index contributed by atoms with van der Waals surface area (Å²) in [7, 11) is 0. The van der Waals surface area contributed by atoms with E-state index in [1.54, 1.807) is 11.6 Å². The molecule has 0 fully saturated rings. The maximum atomic E-state index is 10.9. The van der Waals surface area contributed by atoms with E-state index in [9.17, 15) is 9.59 Å². The van der Waals surface area contributed by atoms with Crippen molar-refractivity contribution < 1.29 is 0 Å². The minimum Gasteiger partial charge on any atom is -0.305 e. The molecule has 0 aromatic carbocycles. The van der Waals surface area contributed by atoms with E-state index in [-0.39, 0.29) is 0 Å². The highest BCUT2D eigenvalue weighted by atomic mass is 32.1. The minimum absolute atomic E-state index is 0.422. The minimum atomic E-state index is -0.516. The van der Waals surface area contributed by atoms with Crippen LogP contribution in [0.4, 0.5) is 0 Å². The monoisotopic (exact) mass is 195 g/mol. The van der Waals surface area contributed by atoms with Crippen molar-refractivity contribution in [2.45, 2.75) is 0 Å². The Morgan fingerprint density at radius 1 is 1.31 bits per heavy atom. The number of aromatic amines is 2. The Hall–Kier alpha value is -1.69. The molecule has 0 aliphatic carbocycles. The second-order valence-electron chi connectivity index (χ2n) is 2.34. The van der Waals surface area contributed by atoms with E-state index in [0.29, 0.717) is 10.7 Å². The molecule has 2 rings (SSSR count). The fourth-order valence-corrected chi connectivity index (χ4v) is 1.55. The number of nitrogens with one attached hydrogen (secondary N) is 2. The summed E-state index contributed by atoms with van der Waals surface area (Å²) in [5, 5.41) is 2.40. The summed E-state index contributed by atoms with van der Waals surface area (Å²) >= 11 is 1.36. The molecule has 2 N–H and O–H groups in total. The molecule has 0 aliphatic rings. The molecule has 0 aliphatic heterocycles. The molecular formula is C7H5N3O2S. The van der Waals surface area contributed by atoms with Crippen LogP contribution in [0.1, 0.15) is 0 Å². The van der Waals surface area contributed by atoms with Gasteiger partial charge in [0.05, 0.1) is 5.69 Å². The summed E-state index contributed by atoms with van der Waals surface area (Å²) < 4.78 is 0. The van der Waals surface area contributed by atoms with Crippen LogP contribution in [0.15, 0.2) is 27.2 Å². The Bertz CT molecular complexity index is 483. The molecule has 0 unspecified atom stereocenters. The highest BCUT2D eigenvalue weighted by Crippen LogP contribution is 2.15. The van der Waals surface area contributed by atoms with E-state index in [1.165, 1.54) is 17.4 Å². The number of thiazole rings is 1. The van der Waals surface area contributed by atoms with Gasteiger partial charge in [-0.15, -0.1) is 11.3 Å². The maximum absolute atomic E-state index is 10.9. The molecule has 2 aromatic heterocycles. The van der Waals surface area contributed by atoms with Crippen molar-refractivity contribution in [3.8, 4) is 10.7 Å². The highest BCUT2D eigenvalue weighted by Gasteiger charge is 2.01. The Balaban J connectivity index is 2.66. The van der Waals surface area contributed by atoms with Gasteiger partial charge in [0, 0.05) is 17.6 Å². The molecule has 0 atom stereocenters. The van der Waals surface area contributed by atoms with Crippen LogP contribution in [0.25, 0.3) is 10.7 Å². The van der Waals surface area contributed by atoms with Crippen molar-refractivity contribution in [1.82, 2.24) is 15.0 Å². The SMILES string of the molecule is O=c1cc(-c2nccs2)[nH]c(=O)[nH]1. The fraction of sp³-hybridized carbons (Fsp3) is 0. The molecule has 0 saturated heterocycles. The van der Waals surface area contributed by atoms with Crippen LogP contribution < -0.4 is 11.2 Å². The number of rotatable bonds is 1. The average molecular weight is 195 g/mol. The number of nitrogens with zero attached hydrogens (tertiary/aromatic N) is 1. The van der Waals surface area contributed by atoms with Gasteiger partial charge in [-0.3, -0.25) is 9.78 Å². The molecule has 0 saturated carbocycles. The molecule has 2 aromatic rings. The van der Waals surface area contributed by atoms with Crippen molar-refractivity contribution in [1.29, 1.82) is 0 Å². The van der Waals surface area contributed by atoms with Crippen molar-refractivity contribution >= 4 is 11.3 Å². The lowest BCUT2D eigenvalue weighted by molar-refractivity contribution is 1.04. The lowest BCUT2D eigenvalue weighted by atomic mass is 10.4. The first-order valence-electron chi connectivity index (χ1n) is 3.49. The zero-order chi connectivity index (χ0) is 9.26. The van der Waals surface area contributed by atoms with Crippen molar-refractivity contribution in [2.75, 3.05) is 0 Å². The molecule has 5 nitrogen and oxygen atoms in total. The van der Waals surface area contributed by atoms with Crippen LogP contribution in [0.3, 0.4) is 0 Å². The standard InChI is InChI=1S/C7H5N3O2S/c11-5-3-4(9-7(12)10-5)6-8-1-2-13-6/h1-3H,(H2,9,10,11,12). The summed E-state index contributed by atoms with van der Waals surface area (Å²) in [6, 6.07) is 1.31. The van der Waals surface area contributed by atoms with Crippen molar-refractivity contribution in [3.05, 3.63) is 38.5 Å². The number of H-pyrrole nitrogens is 2. The molecule has 13 heavy (non-hydrogen) atoms. The van der Waals surface area contributed by atoms with Gasteiger partial charge < -0.3 is 4.98 Å². The molecule has 6 heteroatoms. The summed E-state index contributed by atoms with van der Waals surface area (Å²) in [4.78, 5) is 30.3. The van der Waals surface area contributed by atoms with Gasteiger partial charge in [0.15, 0.2) is 0 Å². The Labute approximate surface area is 76.1 Å². The Kier molecular flexibility index (Phi) is 1.82. The first kappa shape index (κ1) is 7.93. The van der Waals surface area contributed by atoms with Crippen LogP contribution in [-0.2, 0) is 0 Å². The third-order valence-corrected chi connectivity index (χ3v) is 2.23. The number of hydrogen-bond acceptors (Lipinski definition) is 4. The smallest absolute Gasteiger partial charge is 0.305 e. The van der Waals surface area contributed by atoms with Gasteiger partial charge >= 0.3 is 5.69 Å². The topological polar surface area (TPSA) is 78.6 Å². The Morgan fingerprint density at radius 3 is 2.77 bits per heavy atom. The van der Waals surface area contributed by atoms with Crippen molar-refractivity contribution in [2.24, 2.45) is 0 Å². The lowest BCUT2D eigenvalue weighted by Gasteiger charge is -1.92. The summed E-state index contributed by atoms with van der Waals surface area (Å²) in [5.74, 6) is 0. The second kappa shape index (κ2) is 2.98. The van der Waals surface area contributed by atoms with E-state index in [1.807, 2.05) is 0 Å². The molecule has 0 amide bonds. The molecule has 2 heterocycles. The molecule has 66 valence electrons. The van der Waals surface area contributed by atoms with Gasteiger partial charge in [-0.05, 0) is 0 Å². The van der Waals surface area contributed by atoms with Gasteiger partial charge in [-0.25, -0.2) is 9.78 Å². The first-order valence-corrected chi connectivity index (χ1v) is 4.37. The third kappa shape index (κ3) is 1.57. The van der Waals surface area contributed by atoms with Crippen LogP contribution in [0.5, 0.6) is 0 Å². The number of hydrogen-bond donors (Lipinski definition) is 2. The van der Waals surface area contributed by atoms with Crippen LogP contribution in [0, 0.1) is 0 Å². The van der Waals surface area contributed by atoms with E-state index >= 15 is 0 Å². The molecule has 0 bridgehead atoms. The zero-order valence-corrected chi connectivity index (χ0v) is 7.22. The van der Waals surface area contributed by atoms with E-state index in [4.69, 9.17) is 0 Å². The Morgan fingerprint density at radius 2 is 2.15 bits per heavy atom. The largest absolute Gasteiger partial charge is 0.326 e. The molecule has 0 radical (unpaired) electrons. The van der Waals surface area contributed by atoms with Gasteiger partial charge in [-0.2, -0.15) is 0 Å². The van der Waals surface area contributed by atoms with Gasteiger partial charge in [-0.1, -0.05) is 0 Å². The van der Waals surface area contributed by atoms with Gasteiger partial charge in [0.2, 0.25) is 0 Å².